The van der Waals surface area contributed by atoms with Crippen LogP contribution in [0.3, 0.4) is 0 Å². The number of carboxylic acid groups (broad SMARTS) is 2. The largest absolute Gasteiger partial charge is 0.490 e. The number of carbonyl (C=O) groups is 8. The highest BCUT2D eigenvalue weighted by atomic mass is 32.2. The van der Waals surface area contributed by atoms with Crippen molar-refractivity contribution in [2.75, 3.05) is 90.5 Å². The minimum Gasteiger partial charge on any atom is -0.481 e. The van der Waals surface area contributed by atoms with E-state index in [1.165, 1.54) is 11.8 Å². The van der Waals surface area contributed by atoms with Crippen molar-refractivity contribution in [2.24, 2.45) is 17.1 Å². The number of hydrogen-bond acceptors (Lipinski definition) is 14. The Labute approximate surface area is 459 Å². The van der Waals surface area contributed by atoms with Gasteiger partial charge in [-0.05, 0) is 54.6 Å². The third-order valence-corrected chi connectivity index (χ3v) is 12.7. The number of ether oxygens (including phenoxy) is 4. The number of alkyl halides is 3. The van der Waals surface area contributed by atoms with Gasteiger partial charge < -0.3 is 49.7 Å². The molecule has 2 atom stereocenters. The molecule has 0 bridgehead atoms. The van der Waals surface area contributed by atoms with Crippen LogP contribution in [0.1, 0.15) is 76.6 Å². The summed E-state index contributed by atoms with van der Waals surface area (Å²) in [5, 5.41) is 18.9. The van der Waals surface area contributed by atoms with Crippen LogP contribution in [-0.4, -0.2) is 168 Å². The number of Topliss-reactive ketones (excluding diaryl/α,β-unsaturated/α-hetero) is 2. The lowest BCUT2D eigenvalue weighted by Crippen LogP contribution is -2.44. The Bertz CT molecular complexity index is 2490. The Balaban J connectivity index is 0.00000219. The number of ketones is 2. The number of amides is 4. The molecule has 1 aliphatic heterocycles. The first-order chi connectivity index (χ1) is 37.4. The maximum atomic E-state index is 15.2. The fourth-order valence-corrected chi connectivity index (χ4v) is 8.86. The first kappa shape index (κ1) is 66.9. The van der Waals surface area contributed by atoms with Crippen molar-refractivity contribution < 1.29 is 89.5 Å². The summed E-state index contributed by atoms with van der Waals surface area (Å²) in [7, 11) is 0. The number of aromatic nitrogens is 1. The number of hydrogen-bond donors (Lipinski definition) is 4. The van der Waals surface area contributed by atoms with Crippen LogP contribution in [0.2, 0.25) is 0 Å². The van der Waals surface area contributed by atoms with Gasteiger partial charge in [-0.1, -0.05) is 51.1 Å². The normalized spacial score (nSPS) is 13.2. The van der Waals surface area contributed by atoms with Crippen molar-refractivity contribution in [1.82, 2.24) is 19.7 Å². The van der Waals surface area contributed by atoms with Gasteiger partial charge in [0.15, 0.2) is 5.78 Å². The lowest BCUT2D eigenvalue weighted by molar-refractivity contribution is -0.192. The van der Waals surface area contributed by atoms with Crippen LogP contribution in [0.25, 0.3) is 11.1 Å². The summed E-state index contributed by atoms with van der Waals surface area (Å²) in [5.41, 5.74) is 7.61. The van der Waals surface area contributed by atoms with E-state index in [0.29, 0.717) is 70.2 Å². The van der Waals surface area contributed by atoms with Gasteiger partial charge in [0, 0.05) is 86.4 Å². The number of benzene rings is 2. The number of carboxylic acids is 2. The van der Waals surface area contributed by atoms with Gasteiger partial charge in [0.2, 0.25) is 11.8 Å². The highest BCUT2D eigenvalue weighted by Gasteiger charge is 2.39. The molecule has 2 aromatic carbocycles. The quantitative estimate of drug-likeness (QED) is 0.0295. The zero-order valence-corrected chi connectivity index (χ0v) is 45.3. The van der Waals surface area contributed by atoms with Crippen LogP contribution in [-0.2, 0) is 63.8 Å². The van der Waals surface area contributed by atoms with Crippen molar-refractivity contribution in [3.8, 4) is 11.1 Å². The van der Waals surface area contributed by atoms with Gasteiger partial charge in [0.1, 0.15) is 17.4 Å². The molecule has 0 saturated carbocycles. The Morgan fingerprint density at radius 1 is 0.772 bits per heavy atom. The average Bonchev–Trinajstić information content (AvgIpc) is 4.01. The van der Waals surface area contributed by atoms with Gasteiger partial charge >= 0.3 is 18.1 Å². The van der Waals surface area contributed by atoms with Crippen molar-refractivity contribution >= 4 is 58.9 Å². The first-order valence-corrected chi connectivity index (χ1v) is 26.5. The van der Waals surface area contributed by atoms with Crippen LogP contribution >= 0.6 is 11.8 Å². The molecule has 19 nitrogen and oxygen atoms in total. The second-order valence-corrected chi connectivity index (χ2v) is 20.0. The molecule has 4 amide bonds. The van der Waals surface area contributed by atoms with Crippen molar-refractivity contribution in [2.45, 2.75) is 78.1 Å². The van der Waals surface area contributed by atoms with E-state index in [9.17, 15) is 51.1 Å². The van der Waals surface area contributed by atoms with E-state index in [1.54, 1.807) is 17.2 Å². The van der Waals surface area contributed by atoms with E-state index in [4.69, 9.17) is 39.7 Å². The lowest BCUT2D eigenvalue weighted by atomic mass is 9.83. The molecule has 436 valence electrons. The van der Waals surface area contributed by atoms with Gasteiger partial charge in [0.05, 0.1) is 76.9 Å². The number of nitrogens with one attached hydrogen (secondary N) is 1. The second-order valence-electron chi connectivity index (χ2n) is 19.0. The number of aliphatic carboxylic acids is 2. The molecular weight excluding hydrogens is 1070 g/mol. The molecule has 0 spiro atoms. The zero-order chi connectivity index (χ0) is 58.5. The van der Waals surface area contributed by atoms with E-state index < -0.39 is 64.8 Å². The smallest absolute Gasteiger partial charge is 0.481 e. The van der Waals surface area contributed by atoms with Gasteiger partial charge in [-0.15, -0.1) is 0 Å². The number of rotatable bonds is 36. The maximum absolute atomic E-state index is 15.2. The molecule has 3 aromatic rings. The molecule has 0 radical (unpaired) electrons. The Morgan fingerprint density at radius 2 is 1.37 bits per heavy atom. The molecule has 25 heteroatoms. The Hall–Kier alpha value is -6.38. The SMILES string of the molecule is CC(C)(C)[C@H](c1cc(-c2cc(F)ccc2F)cn1Cc1ccccc1)N(CCCN)C(=O)CSC[C@H](CC(=O)CCOCCOCCOCCOCCCC(=O)CN1C(=O)C=CC1=O)C(=O)NCCC(=O)O.O=C(O)C(F)(F)F. The predicted octanol–water partition coefficient (Wildman–Crippen LogP) is 6.01. The summed E-state index contributed by atoms with van der Waals surface area (Å²) in [6.07, 6.45) is -0.395. The number of thioether (sulfide) groups is 1. The summed E-state index contributed by atoms with van der Waals surface area (Å²) in [5.74, 6) is -8.09. The molecule has 4 rings (SSSR count). The first-order valence-electron chi connectivity index (χ1n) is 25.4. The molecule has 1 aliphatic rings. The highest BCUT2D eigenvalue weighted by Crippen LogP contribution is 2.41. The monoisotopic (exact) mass is 1140 g/mol. The third-order valence-electron chi connectivity index (χ3n) is 11.6. The van der Waals surface area contributed by atoms with E-state index in [1.807, 2.05) is 55.7 Å². The highest BCUT2D eigenvalue weighted by molar-refractivity contribution is 7.99. The molecule has 0 aliphatic carbocycles. The summed E-state index contributed by atoms with van der Waals surface area (Å²) >= 11 is 1.18. The van der Waals surface area contributed by atoms with Gasteiger partial charge in [-0.2, -0.15) is 24.9 Å². The topological polar surface area (TPSA) is 263 Å². The van der Waals surface area contributed by atoms with E-state index in [2.05, 4.69) is 5.32 Å². The number of imide groups is 1. The Morgan fingerprint density at radius 3 is 1.94 bits per heavy atom. The molecular formula is C54H70F5N5O14S. The standard InChI is InChI=1S/C52H69F2N5O12S.C2HF3O2/c1-52(2,3)50(45-30-38(43-31-40(53)12-13-44(43)54)33-57(45)32-37-9-5-4-6-10-37)58(20-8-18-55)48(64)36-72-35-39(51(67)56-19-16-49(65)66)29-41(60)17-22-69-24-26-71-28-27-70-25-23-68-21-7-11-42(61)34-59-46(62)14-15-47(59)63;3-2(4,5)1(6)7/h4-6,9-10,12-15,30-31,33,39,50H,7-8,11,16-29,32,34-36,55H2,1-3H3,(H,56,67)(H,65,66);(H,6,7)/t39-,50-;/m0./s1. The summed E-state index contributed by atoms with van der Waals surface area (Å²) < 4.78 is 85.4. The molecule has 79 heavy (non-hydrogen) atoms. The minimum atomic E-state index is -5.08. The van der Waals surface area contributed by atoms with Crippen LogP contribution in [0.15, 0.2) is 72.9 Å². The summed E-state index contributed by atoms with van der Waals surface area (Å²) in [4.78, 5) is 98.9. The van der Waals surface area contributed by atoms with Crippen molar-refractivity contribution in [3.63, 3.8) is 0 Å². The predicted molar refractivity (Wildman–Crippen MR) is 280 cm³/mol. The van der Waals surface area contributed by atoms with Crippen molar-refractivity contribution in [3.05, 3.63) is 95.8 Å². The van der Waals surface area contributed by atoms with Gasteiger partial charge in [-0.25, -0.2) is 13.6 Å². The van der Waals surface area contributed by atoms with E-state index in [-0.39, 0.29) is 99.7 Å². The molecule has 5 N–H and O–H groups in total. The molecule has 0 saturated heterocycles. The number of nitrogens with two attached hydrogens (primary N) is 1. The maximum Gasteiger partial charge on any atom is 0.490 e. The van der Waals surface area contributed by atoms with Crippen LogP contribution < -0.4 is 11.1 Å². The van der Waals surface area contributed by atoms with Crippen LogP contribution in [0, 0.1) is 23.0 Å². The molecule has 1 aromatic heterocycles. The third kappa shape index (κ3) is 25.1. The molecule has 2 heterocycles. The number of nitrogens with zero attached hydrogens (tertiary/aromatic N) is 3. The fraction of sp³-hybridized carbons (Fsp3) is 0.519. The Kier molecular flexibility index (Phi) is 29.3. The van der Waals surface area contributed by atoms with Crippen LogP contribution in [0.5, 0.6) is 0 Å². The summed E-state index contributed by atoms with van der Waals surface area (Å²) in [6, 6.07) is 14.2. The van der Waals surface area contributed by atoms with Crippen LogP contribution in [0.4, 0.5) is 22.0 Å². The zero-order valence-electron chi connectivity index (χ0n) is 44.4. The molecule has 0 unspecified atom stereocenters. The number of carbonyl (C=O) groups excluding carboxylic acids is 6. The van der Waals surface area contributed by atoms with E-state index in [0.717, 1.165) is 40.8 Å². The average molecular weight is 1140 g/mol. The van der Waals surface area contributed by atoms with Gasteiger partial charge in [0.25, 0.3) is 11.8 Å². The molecule has 0 fully saturated rings. The minimum absolute atomic E-state index is 0.0132. The van der Waals surface area contributed by atoms with Gasteiger partial charge in [-0.3, -0.25) is 38.5 Å². The summed E-state index contributed by atoms with van der Waals surface area (Å²) in [6.45, 7) is 8.66. The number of halogens is 5. The second kappa shape index (κ2) is 34.6. The fourth-order valence-electron chi connectivity index (χ4n) is 7.85. The van der Waals surface area contributed by atoms with Crippen molar-refractivity contribution in [1.29, 1.82) is 0 Å². The lowest BCUT2D eigenvalue weighted by Gasteiger charge is -2.41. The van der Waals surface area contributed by atoms with E-state index >= 15 is 4.39 Å².